The first-order chi connectivity index (χ1) is 8.06. The van der Waals surface area contributed by atoms with Gasteiger partial charge in [-0.25, -0.2) is 0 Å². The van der Waals surface area contributed by atoms with E-state index in [9.17, 15) is 0 Å². The van der Waals surface area contributed by atoms with Crippen LogP contribution in [-0.4, -0.2) is 9.78 Å². The summed E-state index contributed by atoms with van der Waals surface area (Å²) in [6.07, 6.45) is 0. The van der Waals surface area contributed by atoms with E-state index in [2.05, 4.69) is 43.2 Å². The number of hydrogen-bond acceptors (Lipinski definition) is 2. The Morgan fingerprint density at radius 2 is 2.00 bits per heavy atom. The molecule has 1 aromatic heterocycles. The third-order valence-corrected chi connectivity index (χ3v) is 2.94. The smallest absolute Gasteiger partial charge is 0.0605 e. The van der Waals surface area contributed by atoms with Crippen molar-refractivity contribution in [2.45, 2.75) is 33.4 Å². The fraction of sp³-hybridized carbons (Fsp3) is 0.357. The van der Waals surface area contributed by atoms with Crippen molar-refractivity contribution in [2.75, 3.05) is 0 Å². The second-order valence-corrected chi connectivity index (χ2v) is 4.63. The lowest BCUT2D eigenvalue weighted by atomic mass is 10.1. The Morgan fingerprint density at radius 1 is 1.24 bits per heavy atom. The zero-order valence-electron chi connectivity index (χ0n) is 10.6. The fourth-order valence-electron chi connectivity index (χ4n) is 2.05. The molecule has 0 amide bonds. The Labute approximate surface area is 102 Å². The van der Waals surface area contributed by atoms with Gasteiger partial charge in [-0.15, -0.1) is 0 Å². The first-order valence-corrected chi connectivity index (χ1v) is 5.89. The number of nitrogens with zero attached hydrogens (tertiary/aromatic N) is 2. The Morgan fingerprint density at radius 3 is 2.59 bits per heavy atom. The molecule has 0 spiro atoms. The molecule has 2 aromatic rings. The molecule has 1 unspecified atom stereocenters. The van der Waals surface area contributed by atoms with Crippen LogP contribution in [0.5, 0.6) is 0 Å². The molecule has 2 N–H and O–H groups in total. The summed E-state index contributed by atoms with van der Waals surface area (Å²) in [6.45, 7) is 6.87. The first-order valence-electron chi connectivity index (χ1n) is 5.89. The molecule has 3 heteroatoms. The molecule has 1 atom stereocenters. The lowest BCUT2D eigenvalue weighted by Crippen LogP contribution is -2.19. The van der Waals surface area contributed by atoms with Crippen LogP contribution in [0.15, 0.2) is 30.3 Å². The molecule has 0 saturated heterocycles. The summed E-state index contributed by atoms with van der Waals surface area (Å²) >= 11 is 0. The van der Waals surface area contributed by atoms with Crippen molar-refractivity contribution in [1.29, 1.82) is 0 Å². The van der Waals surface area contributed by atoms with Crippen LogP contribution in [-0.2, 0) is 6.54 Å². The number of aromatic nitrogens is 2. The van der Waals surface area contributed by atoms with E-state index in [-0.39, 0.29) is 6.04 Å². The Hall–Kier alpha value is -1.61. The molecule has 0 radical (unpaired) electrons. The van der Waals surface area contributed by atoms with Gasteiger partial charge in [0.05, 0.1) is 12.2 Å². The van der Waals surface area contributed by atoms with Gasteiger partial charge in [0.15, 0.2) is 0 Å². The summed E-state index contributed by atoms with van der Waals surface area (Å²) < 4.78 is 1.97. The normalized spacial score (nSPS) is 12.7. The van der Waals surface area contributed by atoms with Crippen LogP contribution < -0.4 is 5.73 Å². The molecular weight excluding hydrogens is 210 g/mol. The van der Waals surface area contributed by atoms with E-state index >= 15 is 0 Å². The van der Waals surface area contributed by atoms with Gasteiger partial charge in [0.1, 0.15) is 0 Å². The highest BCUT2D eigenvalue weighted by molar-refractivity contribution is 5.24. The van der Waals surface area contributed by atoms with Gasteiger partial charge in [0.25, 0.3) is 0 Å². The number of rotatable bonds is 3. The second kappa shape index (κ2) is 4.72. The molecule has 1 aromatic carbocycles. The number of hydrogen-bond donors (Lipinski definition) is 1. The van der Waals surface area contributed by atoms with Crippen molar-refractivity contribution in [3.63, 3.8) is 0 Å². The van der Waals surface area contributed by atoms with Crippen molar-refractivity contribution in [2.24, 2.45) is 5.73 Å². The minimum atomic E-state index is -0.00657. The highest BCUT2D eigenvalue weighted by Crippen LogP contribution is 2.15. The van der Waals surface area contributed by atoms with E-state index < -0.39 is 0 Å². The largest absolute Gasteiger partial charge is 0.322 e. The van der Waals surface area contributed by atoms with Gasteiger partial charge in [0, 0.05) is 11.7 Å². The molecular formula is C14H19N3. The molecule has 0 saturated carbocycles. The maximum absolute atomic E-state index is 6.21. The molecule has 0 aliphatic carbocycles. The van der Waals surface area contributed by atoms with Gasteiger partial charge in [-0.05, 0) is 32.4 Å². The monoisotopic (exact) mass is 229 g/mol. The summed E-state index contributed by atoms with van der Waals surface area (Å²) in [7, 11) is 0. The zero-order chi connectivity index (χ0) is 12.4. The second-order valence-electron chi connectivity index (χ2n) is 4.63. The number of benzene rings is 1. The SMILES string of the molecule is Cc1cccc(C(N)Cn2nc(C)cc2C)c1. The van der Waals surface area contributed by atoms with Crippen LogP contribution >= 0.6 is 0 Å². The minimum absolute atomic E-state index is 0.00657. The Balaban J connectivity index is 2.16. The van der Waals surface area contributed by atoms with E-state index in [1.165, 1.54) is 5.56 Å². The first kappa shape index (κ1) is 11.9. The van der Waals surface area contributed by atoms with Crippen LogP contribution in [0, 0.1) is 20.8 Å². The molecule has 90 valence electrons. The van der Waals surface area contributed by atoms with Crippen molar-refractivity contribution in [3.05, 3.63) is 52.8 Å². The highest BCUT2D eigenvalue weighted by Gasteiger charge is 2.09. The number of aryl methyl sites for hydroxylation is 3. The molecule has 0 aliphatic heterocycles. The van der Waals surface area contributed by atoms with E-state index in [0.717, 1.165) is 23.5 Å². The lowest BCUT2D eigenvalue weighted by Gasteiger charge is -2.14. The van der Waals surface area contributed by atoms with Gasteiger partial charge in [0.2, 0.25) is 0 Å². The van der Waals surface area contributed by atoms with Gasteiger partial charge < -0.3 is 5.73 Å². The zero-order valence-corrected chi connectivity index (χ0v) is 10.6. The van der Waals surface area contributed by atoms with Crippen molar-refractivity contribution < 1.29 is 0 Å². The van der Waals surface area contributed by atoms with Gasteiger partial charge in [-0.2, -0.15) is 5.10 Å². The minimum Gasteiger partial charge on any atom is -0.322 e. The van der Waals surface area contributed by atoms with Crippen molar-refractivity contribution >= 4 is 0 Å². The average molecular weight is 229 g/mol. The summed E-state index contributed by atoms with van der Waals surface area (Å²) in [6, 6.07) is 10.4. The summed E-state index contributed by atoms with van der Waals surface area (Å²) in [5, 5.41) is 4.43. The van der Waals surface area contributed by atoms with E-state index in [0.29, 0.717) is 0 Å². The predicted octanol–water partition coefficient (Wildman–Crippen LogP) is 2.51. The molecule has 1 heterocycles. The fourth-order valence-corrected chi connectivity index (χ4v) is 2.05. The third kappa shape index (κ3) is 2.74. The van der Waals surface area contributed by atoms with Crippen LogP contribution in [0.3, 0.4) is 0 Å². The molecule has 2 rings (SSSR count). The summed E-state index contributed by atoms with van der Waals surface area (Å²) in [4.78, 5) is 0. The third-order valence-electron chi connectivity index (χ3n) is 2.94. The van der Waals surface area contributed by atoms with Gasteiger partial charge >= 0.3 is 0 Å². The number of nitrogens with two attached hydrogens (primary N) is 1. The molecule has 17 heavy (non-hydrogen) atoms. The summed E-state index contributed by atoms with van der Waals surface area (Å²) in [5.74, 6) is 0. The highest BCUT2D eigenvalue weighted by atomic mass is 15.3. The topological polar surface area (TPSA) is 43.8 Å². The van der Waals surface area contributed by atoms with Crippen LogP contribution in [0.25, 0.3) is 0 Å². The van der Waals surface area contributed by atoms with Crippen LogP contribution in [0.1, 0.15) is 28.6 Å². The average Bonchev–Trinajstić information content (AvgIpc) is 2.57. The van der Waals surface area contributed by atoms with Crippen molar-refractivity contribution in [3.8, 4) is 0 Å². The Bertz CT molecular complexity index is 514. The van der Waals surface area contributed by atoms with Crippen LogP contribution in [0.2, 0.25) is 0 Å². The molecule has 0 fully saturated rings. The molecule has 0 aliphatic rings. The Kier molecular flexibility index (Phi) is 3.29. The molecule has 0 bridgehead atoms. The maximum atomic E-state index is 6.21. The van der Waals surface area contributed by atoms with E-state index in [1.807, 2.05) is 17.7 Å². The van der Waals surface area contributed by atoms with E-state index in [4.69, 9.17) is 5.73 Å². The van der Waals surface area contributed by atoms with Crippen LogP contribution in [0.4, 0.5) is 0 Å². The van der Waals surface area contributed by atoms with Gasteiger partial charge in [-0.1, -0.05) is 29.8 Å². The standard InChI is InChI=1S/C14H19N3/c1-10-5-4-6-13(7-10)14(15)9-17-12(3)8-11(2)16-17/h4-8,14H,9,15H2,1-3H3. The van der Waals surface area contributed by atoms with Crippen molar-refractivity contribution in [1.82, 2.24) is 9.78 Å². The van der Waals surface area contributed by atoms with E-state index in [1.54, 1.807) is 0 Å². The quantitative estimate of drug-likeness (QED) is 0.878. The van der Waals surface area contributed by atoms with Gasteiger partial charge in [-0.3, -0.25) is 4.68 Å². The predicted molar refractivity (Wildman–Crippen MR) is 69.8 cm³/mol. The maximum Gasteiger partial charge on any atom is 0.0605 e. The molecule has 3 nitrogen and oxygen atoms in total. The summed E-state index contributed by atoms with van der Waals surface area (Å²) in [5.41, 5.74) is 10.8. The lowest BCUT2D eigenvalue weighted by molar-refractivity contribution is 0.515.